The van der Waals surface area contributed by atoms with E-state index >= 15 is 0 Å². The van der Waals surface area contributed by atoms with E-state index in [1.165, 1.54) is 4.90 Å². The highest BCUT2D eigenvalue weighted by Crippen LogP contribution is 2.35. The van der Waals surface area contributed by atoms with Crippen molar-refractivity contribution in [2.24, 2.45) is 0 Å². The van der Waals surface area contributed by atoms with Crippen molar-refractivity contribution in [2.75, 3.05) is 11.4 Å². The predicted molar refractivity (Wildman–Crippen MR) is 63.9 cm³/mol. The fraction of sp³-hybridized carbons (Fsp3) is 0.231. The fourth-order valence-electron chi connectivity index (χ4n) is 2.28. The standard InChI is InChI=1S/C13H10N2O3/c14-6-11-13(15-7-8(16)5-12(15)17)9-3-1-2-4-10(9)18-11/h1-4,8,16H,5,7H2. The number of amides is 1. The second-order valence-electron chi connectivity index (χ2n) is 4.25. The molecule has 5 nitrogen and oxygen atoms in total. The van der Waals surface area contributed by atoms with E-state index in [1.54, 1.807) is 18.2 Å². The van der Waals surface area contributed by atoms with Crippen molar-refractivity contribution in [1.29, 1.82) is 5.26 Å². The van der Waals surface area contributed by atoms with Crippen LogP contribution < -0.4 is 4.90 Å². The van der Waals surface area contributed by atoms with E-state index in [4.69, 9.17) is 9.68 Å². The molecule has 1 aliphatic heterocycles. The van der Waals surface area contributed by atoms with Gasteiger partial charge in [0.2, 0.25) is 11.7 Å². The summed E-state index contributed by atoms with van der Waals surface area (Å²) < 4.78 is 5.41. The topological polar surface area (TPSA) is 77.5 Å². The zero-order chi connectivity index (χ0) is 12.7. The van der Waals surface area contributed by atoms with Crippen LogP contribution in [0, 0.1) is 11.3 Å². The monoisotopic (exact) mass is 242 g/mol. The van der Waals surface area contributed by atoms with Gasteiger partial charge in [-0.05, 0) is 12.1 Å². The summed E-state index contributed by atoms with van der Waals surface area (Å²) in [6, 6.07) is 9.12. The van der Waals surface area contributed by atoms with E-state index in [1.807, 2.05) is 12.1 Å². The highest BCUT2D eigenvalue weighted by molar-refractivity contribution is 6.05. The van der Waals surface area contributed by atoms with E-state index in [0.717, 1.165) is 5.39 Å². The first kappa shape index (κ1) is 10.8. The third-order valence-electron chi connectivity index (χ3n) is 3.05. The molecule has 3 rings (SSSR count). The summed E-state index contributed by atoms with van der Waals surface area (Å²) in [5, 5.41) is 19.3. The molecule has 1 N–H and O–H groups in total. The molecule has 1 aromatic heterocycles. The van der Waals surface area contributed by atoms with Gasteiger partial charge in [-0.2, -0.15) is 5.26 Å². The van der Waals surface area contributed by atoms with Crippen LogP contribution >= 0.6 is 0 Å². The van der Waals surface area contributed by atoms with Gasteiger partial charge in [0.15, 0.2) is 0 Å². The minimum atomic E-state index is -0.683. The Kier molecular flexibility index (Phi) is 2.32. The smallest absolute Gasteiger partial charge is 0.229 e. The molecule has 0 saturated carbocycles. The van der Waals surface area contributed by atoms with Crippen LogP contribution in [0.2, 0.25) is 0 Å². The second kappa shape index (κ2) is 3.86. The van der Waals surface area contributed by atoms with Crippen LogP contribution in [-0.2, 0) is 4.79 Å². The fourth-order valence-corrected chi connectivity index (χ4v) is 2.28. The summed E-state index contributed by atoms with van der Waals surface area (Å²) in [7, 11) is 0. The summed E-state index contributed by atoms with van der Waals surface area (Å²) in [6.07, 6.45) is -0.595. The summed E-state index contributed by atoms with van der Waals surface area (Å²) in [4.78, 5) is 13.2. The number of para-hydroxylation sites is 1. The van der Waals surface area contributed by atoms with Gasteiger partial charge < -0.3 is 14.4 Å². The van der Waals surface area contributed by atoms with Crippen LogP contribution in [0.1, 0.15) is 12.2 Å². The van der Waals surface area contributed by atoms with Gasteiger partial charge in [0.05, 0.1) is 19.1 Å². The van der Waals surface area contributed by atoms with Crippen molar-refractivity contribution in [3.8, 4) is 6.07 Å². The minimum absolute atomic E-state index is 0.0877. The van der Waals surface area contributed by atoms with Gasteiger partial charge in [0.1, 0.15) is 17.3 Å². The molecule has 2 aromatic rings. The van der Waals surface area contributed by atoms with Crippen LogP contribution in [0.15, 0.2) is 28.7 Å². The molecule has 2 heterocycles. The second-order valence-corrected chi connectivity index (χ2v) is 4.25. The number of hydrogen-bond acceptors (Lipinski definition) is 4. The van der Waals surface area contributed by atoms with E-state index in [0.29, 0.717) is 11.3 Å². The van der Waals surface area contributed by atoms with Gasteiger partial charge in [-0.3, -0.25) is 4.79 Å². The SMILES string of the molecule is N#Cc1oc2ccccc2c1N1CC(O)CC1=O. The number of nitriles is 1. The van der Waals surface area contributed by atoms with Crippen LogP contribution in [-0.4, -0.2) is 23.7 Å². The van der Waals surface area contributed by atoms with Crippen molar-refractivity contribution in [2.45, 2.75) is 12.5 Å². The molecular formula is C13H10N2O3. The molecule has 1 atom stereocenters. The third-order valence-corrected chi connectivity index (χ3v) is 3.05. The van der Waals surface area contributed by atoms with Crippen molar-refractivity contribution < 1.29 is 14.3 Å². The molecule has 1 aromatic carbocycles. The Hall–Kier alpha value is -2.32. The zero-order valence-electron chi connectivity index (χ0n) is 9.46. The Morgan fingerprint density at radius 3 is 2.89 bits per heavy atom. The maximum Gasteiger partial charge on any atom is 0.229 e. The predicted octanol–water partition coefficient (Wildman–Crippen LogP) is 1.40. The van der Waals surface area contributed by atoms with Gasteiger partial charge >= 0.3 is 0 Å². The summed E-state index contributed by atoms with van der Waals surface area (Å²) in [6.45, 7) is 0.205. The zero-order valence-corrected chi connectivity index (χ0v) is 9.46. The number of nitrogens with zero attached hydrogens (tertiary/aromatic N) is 2. The first-order valence-corrected chi connectivity index (χ1v) is 5.61. The lowest BCUT2D eigenvalue weighted by Gasteiger charge is -2.14. The number of benzene rings is 1. The lowest BCUT2D eigenvalue weighted by atomic mass is 10.2. The Morgan fingerprint density at radius 2 is 2.22 bits per heavy atom. The Labute approximate surface area is 103 Å². The van der Waals surface area contributed by atoms with Crippen molar-refractivity contribution in [3.05, 3.63) is 30.0 Å². The number of aliphatic hydroxyl groups excluding tert-OH is 1. The highest BCUT2D eigenvalue weighted by Gasteiger charge is 2.33. The Bertz CT molecular complexity index is 668. The van der Waals surface area contributed by atoms with E-state index in [9.17, 15) is 9.90 Å². The van der Waals surface area contributed by atoms with Crippen molar-refractivity contribution in [3.63, 3.8) is 0 Å². The molecule has 1 amide bonds. The largest absolute Gasteiger partial charge is 0.443 e. The maximum atomic E-state index is 11.8. The Balaban J connectivity index is 2.22. The van der Waals surface area contributed by atoms with E-state index < -0.39 is 6.10 Å². The van der Waals surface area contributed by atoms with Crippen LogP contribution in [0.4, 0.5) is 5.69 Å². The number of β-amino-alcohol motifs (C(OH)–C–C–N with tert-alkyl or cyclic N) is 1. The highest BCUT2D eigenvalue weighted by atomic mass is 16.3. The first-order chi connectivity index (χ1) is 8.70. The quantitative estimate of drug-likeness (QED) is 0.820. The lowest BCUT2D eigenvalue weighted by molar-refractivity contribution is -0.117. The third kappa shape index (κ3) is 1.47. The number of aliphatic hydroxyl groups is 1. The summed E-state index contributed by atoms with van der Waals surface area (Å²) in [5.74, 6) is -0.0794. The van der Waals surface area contributed by atoms with Crippen LogP contribution in [0.3, 0.4) is 0 Å². The average Bonchev–Trinajstić information content (AvgIpc) is 2.88. The molecule has 0 spiro atoms. The molecule has 1 aliphatic rings. The van der Waals surface area contributed by atoms with Crippen LogP contribution in [0.25, 0.3) is 11.0 Å². The van der Waals surface area contributed by atoms with Gasteiger partial charge in [-0.25, -0.2) is 0 Å². The number of furan rings is 1. The molecule has 5 heteroatoms. The number of carbonyl (C=O) groups excluding carboxylic acids is 1. The molecular weight excluding hydrogens is 232 g/mol. The van der Waals surface area contributed by atoms with Crippen molar-refractivity contribution >= 4 is 22.6 Å². The molecule has 18 heavy (non-hydrogen) atoms. The number of rotatable bonds is 1. The molecule has 1 unspecified atom stereocenters. The molecule has 1 fully saturated rings. The average molecular weight is 242 g/mol. The Morgan fingerprint density at radius 1 is 1.44 bits per heavy atom. The van der Waals surface area contributed by atoms with Gasteiger partial charge in [-0.1, -0.05) is 12.1 Å². The molecule has 0 radical (unpaired) electrons. The molecule has 0 aliphatic carbocycles. The molecule has 0 bridgehead atoms. The number of carbonyl (C=O) groups is 1. The van der Waals surface area contributed by atoms with Gasteiger partial charge in [0.25, 0.3) is 0 Å². The minimum Gasteiger partial charge on any atom is -0.443 e. The van der Waals surface area contributed by atoms with E-state index in [2.05, 4.69) is 0 Å². The molecule has 1 saturated heterocycles. The summed E-state index contributed by atoms with van der Waals surface area (Å²) >= 11 is 0. The number of anilines is 1. The maximum absolute atomic E-state index is 11.8. The van der Waals surface area contributed by atoms with Gasteiger partial charge in [-0.15, -0.1) is 0 Å². The first-order valence-electron chi connectivity index (χ1n) is 5.61. The number of hydrogen-bond donors (Lipinski definition) is 1. The van der Waals surface area contributed by atoms with Crippen LogP contribution in [0.5, 0.6) is 0 Å². The number of fused-ring (bicyclic) bond motifs is 1. The normalized spacial score (nSPS) is 19.4. The van der Waals surface area contributed by atoms with E-state index in [-0.39, 0.29) is 24.6 Å². The van der Waals surface area contributed by atoms with Crippen molar-refractivity contribution in [1.82, 2.24) is 0 Å². The molecule has 90 valence electrons. The summed E-state index contributed by atoms with van der Waals surface area (Å²) in [5.41, 5.74) is 1.04. The van der Waals surface area contributed by atoms with Gasteiger partial charge in [0, 0.05) is 5.39 Å². The lowest BCUT2D eigenvalue weighted by Crippen LogP contribution is -2.25.